The van der Waals surface area contributed by atoms with Crippen molar-refractivity contribution in [2.24, 2.45) is 0 Å². The molecule has 0 bridgehead atoms. The van der Waals surface area contributed by atoms with E-state index in [-0.39, 0.29) is 12.5 Å². The topological polar surface area (TPSA) is 20.2 Å². The van der Waals surface area contributed by atoms with Crippen LogP contribution < -0.4 is 0 Å². The Morgan fingerprint density at radius 1 is 1.06 bits per heavy atom. The highest BCUT2D eigenvalue weighted by Gasteiger charge is 2.12. The monoisotopic (exact) mass is 228 g/mol. The van der Waals surface area contributed by atoms with E-state index in [9.17, 15) is 5.11 Å². The van der Waals surface area contributed by atoms with Crippen molar-refractivity contribution < 1.29 is 5.11 Å². The number of unbranched alkanes of at least 4 members (excludes halogenated alkanes) is 1. The molecule has 2 aromatic carbocycles. The second kappa shape index (κ2) is 5.83. The zero-order valence-corrected chi connectivity index (χ0v) is 10.4. The van der Waals surface area contributed by atoms with Crippen LogP contribution in [0.2, 0.25) is 0 Å². The molecule has 0 fully saturated rings. The van der Waals surface area contributed by atoms with Gasteiger partial charge in [-0.3, -0.25) is 0 Å². The molecule has 1 nitrogen and oxygen atoms in total. The molecule has 0 aliphatic heterocycles. The van der Waals surface area contributed by atoms with E-state index in [4.69, 9.17) is 0 Å². The summed E-state index contributed by atoms with van der Waals surface area (Å²) in [5.74, 6) is 0.279. The molecule has 0 heterocycles. The van der Waals surface area contributed by atoms with Gasteiger partial charge in [0.05, 0.1) is 0 Å². The molecule has 2 aromatic rings. The minimum atomic E-state index is 0.244. The van der Waals surface area contributed by atoms with Crippen molar-refractivity contribution in [2.75, 3.05) is 6.61 Å². The summed E-state index contributed by atoms with van der Waals surface area (Å²) in [5, 5.41) is 12.1. The van der Waals surface area contributed by atoms with Crippen LogP contribution in [0.4, 0.5) is 0 Å². The van der Waals surface area contributed by atoms with E-state index in [1.54, 1.807) is 0 Å². The van der Waals surface area contributed by atoms with Crippen LogP contribution in [-0.2, 0) is 0 Å². The zero-order chi connectivity index (χ0) is 12.1. The SMILES string of the molecule is CCCCC(CO)c1cccc2ccccc12. The molecule has 0 aromatic heterocycles. The first kappa shape index (κ1) is 12.1. The smallest absolute Gasteiger partial charge is 0.0499 e. The van der Waals surface area contributed by atoms with Gasteiger partial charge in [0.1, 0.15) is 0 Å². The van der Waals surface area contributed by atoms with Gasteiger partial charge in [-0.25, -0.2) is 0 Å². The van der Waals surface area contributed by atoms with Gasteiger partial charge >= 0.3 is 0 Å². The highest BCUT2D eigenvalue weighted by atomic mass is 16.3. The highest BCUT2D eigenvalue weighted by Crippen LogP contribution is 2.28. The molecule has 1 heteroatoms. The summed E-state index contributed by atoms with van der Waals surface area (Å²) >= 11 is 0. The van der Waals surface area contributed by atoms with E-state index in [0.717, 1.165) is 6.42 Å². The molecule has 0 aliphatic carbocycles. The predicted molar refractivity (Wildman–Crippen MR) is 73.3 cm³/mol. The van der Waals surface area contributed by atoms with Crippen LogP contribution in [0, 0.1) is 0 Å². The minimum absolute atomic E-state index is 0.244. The fourth-order valence-corrected chi connectivity index (χ4v) is 2.40. The predicted octanol–water partition coefficient (Wildman–Crippen LogP) is 4.11. The lowest BCUT2D eigenvalue weighted by atomic mass is 9.90. The highest BCUT2D eigenvalue weighted by molar-refractivity contribution is 5.86. The molecule has 2 rings (SSSR count). The first-order valence-electron chi connectivity index (χ1n) is 6.45. The average molecular weight is 228 g/mol. The average Bonchev–Trinajstić information content (AvgIpc) is 2.40. The van der Waals surface area contributed by atoms with Gasteiger partial charge in [0.25, 0.3) is 0 Å². The van der Waals surface area contributed by atoms with Crippen LogP contribution in [0.25, 0.3) is 10.8 Å². The Morgan fingerprint density at radius 3 is 2.59 bits per heavy atom. The van der Waals surface area contributed by atoms with Crippen molar-refractivity contribution in [1.82, 2.24) is 0 Å². The normalized spacial score (nSPS) is 12.8. The third kappa shape index (κ3) is 2.67. The van der Waals surface area contributed by atoms with Gasteiger partial charge in [0.15, 0.2) is 0 Å². The van der Waals surface area contributed by atoms with Gasteiger partial charge in [-0.1, -0.05) is 62.2 Å². The molecule has 17 heavy (non-hydrogen) atoms. The lowest BCUT2D eigenvalue weighted by Gasteiger charge is -2.16. The molecule has 90 valence electrons. The van der Waals surface area contributed by atoms with Crippen molar-refractivity contribution >= 4 is 10.8 Å². The first-order chi connectivity index (χ1) is 8.36. The van der Waals surface area contributed by atoms with Gasteiger partial charge in [0, 0.05) is 12.5 Å². The van der Waals surface area contributed by atoms with E-state index < -0.39 is 0 Å². The molecule has 0 amide bonds. The maximum atomic E-state index is 9.57. The Hall–Kier alpha value is -1.34. The van der Waals surface area contributed by atoms with E-state index >= 15 is 0 Å². The minimum Gasteiger partial charge on any atom is -0.396 e. The summed E-state index contributed by atoms with van der Waals surface area (Å²) in [7, 11) is 0. The second-order valence-electron chi connectivity index (χ2n) is 4.59. The van der Waals surface area contributed by atoms with Crippen molar-refractivity contribution in [3.8, 4) is 0 Å². The first-order valence-corrected chi connectivity index (χ1v) is 6.45. The maximum absolute atomic E-state index is 9.57. The summed E-state index contributed by atoms with van der Waals surface area (Å²) in [4.78, 5) is 0. The van der Waals surface area contributed by atoms with E-state index in [1.165, 1.54) is 29.2 Å². The zero-order valence-electron chi connectivity index (χ0n) is 10.4. The van der Waals surface area contributed by atoms with E-state index in [2.05, 4.69) is 49.4 Å². The van der Waals surface area contributed by atoms with Crippen molar-refractivity contribution in [2.45, 2.75) is 32.1 Å². The summed E-state index contributed by atoms with van der Waals surface area (Å²) in [6.07, 6.45) is 3.43. The summed E-state index contributed by atoms with van der Waals surface area (Å²) in [6.45, 7) is 2.44. The maximum Gasteiger partial charge on any atom is 0.0499 e. The molecule has 0 saturated heterocycles. The molecule has 1 unspecified atom stereocenters. The number of aliphatic hydroxyl groups excluding tert-OH is 1. The van der Waals surface area contributed by atoms with Crippen LogP contribution in [0.15, 0.2) is 42.5 Å². The molecular formula is C16H20O. The third-order valence-electron chi connectivity index (χ3n) is 3.39. The fraction of sp³-hybridized carbons (Fsp3) is 0.375. The van der Waals surface area contributed by atoms with Gasteiger partial charge in [-0.15, -0.1) is 0 Å². The molecular weight excluding hydrogens is 208 g/mol. The van der Waals surface area contributed by atoms with Crippen LogP contribution in [0.1, 0.15) is 37.7 Å². The van der Waals surface area contributed by atoms with Crippen molar-refractivity contribution in [1.29, 1.82) is 0 Å². The van der Waals surface area contributed by atoms with Crippen LogP contribution >= 0.6 is 0 Å². The standard InChI is InChI=1S/C16H20O/c1-2-3-7-14(12-17)16-11-6-9-13-8-4-5-10-15(13)16/h4-6,8-11,14,17H,2-3,7,12H2,1H3. The quantitative estimate of drug-likeness (QED) is 0.816. The van der Waals surface area contributed by atoms with Crippen LogP contribution in [0.3, 0.4) is 0 Å². The Balaban J connectivity index is 2.38. The van der Waals surface area contributed by atoms with Crippen LogP contribution in [-0.4, -0.2) is 11.7 Å². The molecule has 0 radical (unpaired) electrons. The third-order valence-corrected chi connectivity index (χ3v) is 3.39. The van der Waals surface area contributed by atoms with Gasteiger partial charge in [0.2, 0.25) is 0 Å². The number of fused-ring (bicyclic) bond motifs is 1. The molecule has 1 N–H and O–H groups in total. The Morgan fingerprint density at radius 2 is 1.82 bits per heavy atom. The lowest BCUT2D eigenvalue weighted by molar-refractivity contribution is 0.258. The van der Waals surface area contributed by atoms with Crippen molar-refractivity contribution in [3.05, 3.63) is 48.0 Å². The number of rotatable bonds is 5. The Labute approximate surface area is 103 Å². The van der Waals surface area contributed by atoms with E-state index in [1.807, 2.05) is 0 Å². The fourth-order valence-electron chi connectivity index (χ4n) is 2.40. The van der Waals surface area contributed by atoms with Gasteiger partial charge in [-0.2, -0.15) is 0 Å². The summed E-state index contributed by atoms with van der Waals surface area (Å²) < 4.78 is 0. The Kier molecular flexibility index (Phi) is 4.16. The van der Waals surface area contributed by atoms with E-state index in [0.29, 0.717) is 0 Å². The Bertz CT molecular complexity index is 470. The number of benzene rings is 2. The van der Waals surface area contributed by atoms with Gasteiger partial charge < -0.3 is 5.11 Å². The summed E-state index contributed by atoms with van der Waals surface area (Å²) in [5.41, 5.74) is 1.29. The van der Waals surface area contributed by atoms with Gasteiger partial charge in [-0.05, 0) is 22.8 Å². The second-order valence-corrected chi connectivity index (χ2v) is 4.59. The molecule has 0 aliphatic rings. The number of aliphatic hydroxyl groups is 1. The molecule has 0 saturated carbocycles. The number of hydrogen-bond donors (Lipinski definition) is 1. The largest absolute Gasteiger partial charge is 0.396 e. The number of hydrogen-bond acceptors (Lipinski definition) is 1. The molecule has 0 spiro atoms. The molecule has 1 atom stereocenters. The lowest BCUT2D eigenvalue weighted by Crippen LogP contribution is -2.04. The van der Waals surface area contributed by atoms with Crippen LogP contribution in [0.5, 0.6) is 0 Å². The van der Waals surface area contributed by atoms with Crippen molar-refractivity contribution in [3.63, 3.8) is 0 Å². The summed E-state index contributed by atoms with van der Waals surface area (Å²) in [6, 6.07) is 14.8.